The molecule has 2 nitrogen and oxygen atoms in total. The summed E-state index contributed by atoms with van der Waals surface area (Å²) in [4.78, 5) is 5.38. The highest BCUT2D eigenvalue weighted by atomic mass is 15.2. The molecule has 7 aromatic carbocycles. The van der Waals surface area contributed by atoms with Crippen LogP contribution in [0, 0.1) is 41.5 Å². The first-order chi connectivity index (χ1) is 29.1. The maximum Gasteiger partial charge on any atom is 0.0635 e. The molecule has 2 heteroatoms. The van der Waals surface area contributed by atoms with Crippen molar-refractivity contribution in [3.63, 3.8) is 0 Å². The molecule has 0 heterocycles. The third kappa shape index (κ3) is 6.84. The van der Waals surface area contributed by atoms with E-state index in [1.54, 1.807) is 0 Å². The molecule has 318 valence electrons. The molecule has 62 heavy (non-hydrogen) atoms. The smallest absolute Gasteiger partial charge is 0.0635 e. The second kappa shape index (κ2) is 14.6. The summed E-state index contributed by atoms with van der Waals surface area (Å²) in [5.41, 5.74) is 22.8. The van der Waals surface area contributed by atoms with E-state index >= 15 is 0 Å². The summed E-state index contributed by atoms with van der Waals surface area (Å²) in [6.07, 6.45) is 3.13. The molecule has 2 aliphatic rings. The zero-order chi connectivity index (χ0) is 44.4. The van der Waals surface area contributed by atoms with Crippen LogP contribution in [0.5, 0.6) is 0 Å². The highest BCUT2D eigenvalue weighted by molar-refractivity contribution is 6.20. The van der Waals surface area contributed by atoms with E-state index in [1.807, 2.05) is 0 Å². The Kier molecular flexibility index (Phi) is 9.90. The fourth-order valence-corrected chi connectivity index (χ4v) is 10.8. The quantitative estimate of drug-likeness (QED) is 0.165. The van der Waals surface area contributed by atoms with Gasteiger partial charge in [-0.2, -0.15) is 0 Å². The fourth-order valence-electron chi connectivity index (χ4n) is 10.8. The van der Waals surface area contributed by atoms with Gasteiger partial charge in [-0.3, -0.25) is 0 Å². The molecule has 0 saturated heterocycles. The van der Waals surface area contributed by atoms with Crippen molar-refractivity contribution in [2.24, 2.45) is 0 Å². The second-order valence-electron chi connectivity index (χ2n) is 22.0. The van der Waals surface area contributed by atoms with Crippen LogP contribution in [0.4, 0.5) is 28.4 Å². The Bertz CT molecular complexity index is 3010. The van der Waals surface area contributed by atoms with Crippen LogP contribution in [-0.2, 0) is 22.7 Å². The topological polar surface area (TPSA) is 6.48 Å². The zero-order valence-electron chi connectivity index (χ0n) is 40.3. The average Bonchev–Trinajstić information content (AvgIpc) is 3.20. The minimum Gasteiger partial charge on any atom is -0.333 e. The van der Waals surface area contributed by atoms with Crippen LogP contribution >= 0.6 is 0 Å². The SMILES string of the molecule is CC1=c2ccc3c(N(c4cc(C)ccc4C)c4cc(C(C)(C)C)ccc4C)cc4c5c(cc(c2c35)C(N(c2cc(C)ccc2C)c2cc(C(C)(C)C)ccc2C)C1)C(C)(C)CC4. The van der Waals surface area contributed by atoms with Gasteiger partial charge in [-0.05, 0) is 197 Å². The molecule has 7 aromatic rings. The summed E-state index contributed by atoms with van der Waals surface area (Å²) in [7, 11) is 0. The lowest BCUT2D eigenvalue weighted by Gasteiger charge is -2.42. The predicted octanol–water partition coefficient (Wildman–Crippen LogP) is 16.3. The third-order valence-corrected chi connectivity index (χ3v) is 14.7. The Morgan fingerprint density at radius 1 is 0.516 bits per heavy atom. The molecule has 0 amide bonds. The molecule has 0 saturated carbocycles. The highest BCUT2D eigenvalue weighted by Crippen LogP contribution is 2.54. The van der Waals surface area contributed by atoms with Gasteiger partial charge in [-0.15, -0.1) is 0 Å². The second-order valence-corrected chi connectivity index (χ2v) is 22.0. The summed E-state index contributed by atoms with van der Waals surface area (Å²) in [5.74, 6) is 0. The molecule has 0 fully saturated rings. The standard InChI is InChI=1S/C60H68N2/c1-35-16-18-37(3)49(28-35)61(51-32-43(58(8,9)10)22-20-39(51)5)53-30-41(7)45-24-25-46-54(31-42-26-27-60(14,15)48-34-47(53)56(45)57(46)55(42)48)62(50-29-36(2)17-19-38(50)4)52-33-44(59(11,12)13)23-21-40(52)6/h16-25,28-29,31-34,53H,26-27,30H2,1-15H3. The van der Waals surface area contributed by atoms with Crippen LogP contribution in [0.15, 0.2) is 97.1 Å². The number of hydrogen-bond donors (Lipinski definition) is 0. The summed E-state index contributed by atoms with van der Waals surface area (Å²) >= 11 is 0. The molecule has 0 N–H and O–H groups in total. The van der Waals surface area contributed by atoms with Gasteiger partial charge >= 0.3 is 0 Å². The van der Waals surface area contributed by atoms with E-state index in [9.17, 15) is 0 Å². The summed E-state index contributed by atoms with van der Waals surface area (Å²) in [6, 6.07) is 38.7. The Hall–Kier alpha value is -5.34. The molecule has 0 radical (unpaired) electrons. The Balaban J connectivity index is 1.42. The molecule has 0 bridgehead atoms. The van der Waals surface area contributed by atoms with Crippen molar-refractivity contribution in [1.29, 1.82) is 0 Å². The first-order valence-corrected chi connectivity index (χ1v) is 23.2. The molecular formula is C60H68N2. The van der Waals surface area contributed by atoms with Gasteiger partial charge in [-0.25, -0.2) is 0 Å². The van der Waals surface area contributed by atoms with E-state index < -0.39 is 0 Å². The van der Waals surface area contributed by atoms with Crippen LogP contribution in [0.3, 0.4) is 0 Å². The number of rotatable bonds is 6. The van der Waals surface area contributed by atoms with Crippen molar-refractivity contribution in [3.05, 3.63) is 163 Å². The summed E-state index contributed by atoms with van der Waals surface area (Å²) in [5, 5.41) is 7.12. The monoisotopic (exact) mass is 817 g/mol. The number of benzene rings is 7. The minimum atomic E-state index is 0.0113. The maximum atomic E-state index is 2.75. The molecule has 0 spiro atoms. The lowest BCUT2D eigenvalue weighted by Crippen LogP contribution is -2.32. The van der Waals surface area contributed by atoms with Gasteiger partial charge in [-0.1, -0.05) is 128 Å². The Morgan fingerprint density at radius 2 is 1.03 bits per heavy atom. The molecule has 1 unspecified atom stereocenters. The normalized spacial score (nSPS) is 16.0. The predicted molar refractivity (Wildman–Crippen MR) is 270 cm³/mol. The van der Waals surface area contributed by atoms with E-state index in [4.69, 9.17) is 0 Å². The third-order valence-electron chi connectivity index (χ3n) is 14.7. The summed E-state index contributed by atoms with van der Waals surface area (Å²) in [6.45, 7) is 35.1. The first-order valence-electron chi connectivity index (χ1n) is 23.2. The van der Waals surface area contributed by atoms with Gasteiger partial charge < -0.3 is 9.80 Å². The zero-order valence-corrected chi connectivity index (χ0v) is 40.3. The van der Waals surface area contributed by atoms with Crippen LogP contribution in [0.2, 0.25) is 0 Å². The largest absolute Gasteiger partial charge is 0.333 e. The molecular weight excluding hydrogens is 749 g/mol. The van der Waals surface area contributed by atoms with E-state index in [0.717, 1.165) is 19.3 Å². The van der Waals surface area contributed by atoms with Crippen molar-refractivity contribution in [2.75, 3.05) is 9.80 Å². The van der Waals surface area contributed by atoms with Crippen molar-refractivity contribution in [2.45, 2.75) is 145 Å². The lowest BCUT2D eigenvalue weighted by molar-refractivity contribution is 0.474. The Labute approximate surface area is 372 Å². The fraction of sp³-hybridized carbons (Fsp3) is 0.367. The van der Waals surface area contributed by atoms with Crippen molar-refractivity contribution >= 4 is 55.6 Å². The highest BCUT2D eigenvalue weighted by Gasteiger charge is 2.37. The van der Waals surface area contributed by atoms with Gasteiger partial charge in [0.2, 0.25) is 0 Å². The van der Waals surface area contributed by atoms with E-state index in [-0.39, 0.29) is 22.3 Å². The maximum absolute atomic E-state index is 2.75. The average molecular weight is 817 g/mol. The molecule has 0 aliphatic heterocycles. The molecule has 0 aromatic heterocycles. The van der Waals surface area contributed by atoms with Gasteiger partial charge in [0, 0.05) is 28.1 Å². The number of aryl methyl sites for hydroxylation is 7. The van der Waals surface area contributed by atoms with E-state index in [1.165, 1.54) is 122 Å². The lowest BCUT2D eigenvalue weighted by atomic mass is 9.69. The van der Waals surface area contributed by atoms with E-state index in [2.05, 4.69) is 211 Å². The molecule has 9 rings (SSSR count). The van der Waals surface area contributed by atoms with Gasteiger partial charge in [0.15, 0.2) is 0 Å². The van der Waals surface area contributed by atoms with Crippen LogP contribution in [0.25, 0.3) is 27.1 Å². The van der Waals surface area contributed by atoms with Gasteiger partial charge in [0.25, 0.3) is 0 Å². The number of anilines is 5. The number of nitrogens with zero attached hydrogens (tertiary/aromatic N) is 2. The Morgan fingerprint density at radius 3 is 1.63 bits per heavy atom. The van der Waals surface area contributed by atoms with Crippen LogP contribution in [-0.4, -0.2) is 0 Å². The van der Waals surface area contributed by atoms with Gasteiger partial charge in [0.1, 0.15) is 0 Å². The van der Waals surface area contributed by atoms with Crippen LogP contribution in [0.1, 0.15) is 142 Å². The van der Waals surface area contributed by atoms with Crippen LogP contribution < -0.4 is 15.0 Å². The van der Waals surface area contributed by atoms with Crippen molar-refractivity contribution in [3.8, 4) is 0 Å². The van der Waals surface area contributed by atoms with E-state index in [0.29, 0.717) is 0 Å². The van der Waals surface area contributed by atoms with Crippen molar-refractivity contribution in [1.82, 2.24) is 0 Å². The minimum absolute atomic E-state index is 0.0113. The molecule has 2 aliphatic carbocycles. The molecule has 1 atom stereocenters. The first kappa shape index (κ1) is 42.0. The van der Waals surface area contributed by atoms with Crippen molar-refractivity contribution < 1.29 is 0 Å². The number of hydrogen-bond acceptors (Lipinski definition) is 2. The van der Waals surface area contributed by atoms with Gasteiger partial charge in [0.05, 0.1) is 11.7 Å². The summed E-state index contributed by atoms with van der Waals surface area (Å²) < 4.78 is 0.